The van der Waals surface area contributed by atoms with E-state index in [1.165, 1.54) is 108 Å². The number of benzene rings is 1. The van der Waals surface area contributed by atoms with Gasteiger partial charge in [-0.1, -0.05) is 115 Å². The van der Waals surface area contributed by atoms with Crippen molar-refractivity contribution in [1.29, 1.82) is 0 Å². The number of unbranched alkanes of at least 4 members (excludes halogenated alkanes) is 15. The van der Waals surface area contributed by atoms with Gasteiger partial charge in [0, 0.05) is 6.61 Å². The zero-order valence-electron chi connectivity index (χ0n) is 20.7. The van der Waals surface area contributed by atoms with Crippen molar-refractivity contribution in [2.24, 2.45) is 0 Å². The molecule has 0 saturated heterocycles. The summed E-state index contributed by atoms with van der Waals surface area (Å²) in [6, 6.07) is 6.34. The van der Waals surface area contributed by atoms with Crippen molar-refractivity contribution in [2.45, 2.75) is 122 Å². The Morgan fingerprint density at radius 1 is 0.781 bits per heavy atom. The Balaban J connectivity index is 1.81. The lowest BCUT2D eigenvalue weighted by molar-refractivity contribution is -0.0503. The first kappa shape index (κ1) is 29.1. The van der Waals surface area contributed by atoms with Gasteiger partial charge in [0.1, 0.15) is 11.9 Å². The van der Waals surface area contributed by atoms with Crippen LogP contribution in [-0.4, -0.2) is 31.0 Å². The summed E-state index contributed by atoms with van der Waals surface area (Å²) in [4.78, 5) is 0. The average Bonchev–Trinajstić information content (AvgIpc) is 2.80. The van der Waals surface area contributed by atoms with Gasteiger partial charge >= 0.3 is 0 Å². The molecule has 0 aromatic heterocycles. The second-order valence-corrected chi connectivity index (χ2v) is 9.12. The van der Waals surface area contributed by atoms with Crippen LogP contribution in [0.1, 0.15) is 115 Å². The standard InChI is InChI=1S/C28H49FO3/c1-2-3-4-5-6-7-8-9-10-11-12-13-14-15-16-17-21-31-25-28(23-30)32-24-26-19-18-20-27(29)22-26/h18-20,22,28,30H,2-17,21,23-25H2,1H3. The van der Waals surface area contributed by atoms with Gasteiger partial charge in [0.2, 0.25) is 0 Å². The number of rotatable bonds is 23. The highest BCUT2D eigenvalue weighted by Crippen LogP contribution is 2.14. The summed E-state index contributed by atoms with van der Waals surface area (Å²) in [5.41, 5.74) is 0.765. The van der Waals surface area contributed by atoms with Crippen LogP contribution >= 0.6 is 0 Å². The zero-order chi connectivity index (χ0) is 23.1. The van der Waals surface area contributed by atoms with Gasteiger partial charge < -0.3 is 14.6 Å². The topological polar surface area (TPSA) is 38.7 Å². The van der Waals surface area contributed by atoms with Gasteiger partial charge in [-0.25, -0.2) is 4.39 Å². The van der Waals surface area contributed by atoms with E-state index in [2.05, 4.69) is 6.92 Å². The molecule has 4 heteroatoms. The Morgan fingerprint density at radius 2 is 1.31 bits per heavy atom. The van der Waals surface area contributed by atoms with E-state index in [4.69, 9.17) is 9.47 Å². The second-order valence-electron chi connectivity index (χ2n) is 9.12. The monoisotopic (exact) mass is 452 g/mol. The molecule has 0 spiro atoms. The molecule has 0 aliphatic rings. The summed E-state index contributed by atoms with van der Waals surface area (Å²) in [6.45, 7) is 3.56. The minimum Gasteiger partial charge on any atom is -0.394 e. The van der Waals surface area contributed by atoms with Gasteiger partial charge in [0.25, 0.3) is 0 Å². The predicted molar refractivity (Wildman–Crippen MR) is 132 cm³/mol. The molecule has 1 atom stereocenters. The number of ether oxygens (including phenoxy) is 2. The third-order valence-electron chi connectivity index (χ3n) is 6.02. The minimum atomic E-state index is -0.362. The fraction of sp³-hybridized carbons (Fsp3) is 0.786. The molecular weight excluding hydrogens is 403 g/mol. The third-order valence-corrected chi connectivity index (χ3v) is 6.02. The summed E-state index contributed by atoms with van der Waals surface area (Å²) < 4.78 is 24.5. The molecule has 0 radical (unpaired) electrons. The van der Waals surface area contributed by atoms with E-state index in [0.29, 0.717) is 13.2 Å². The Morgan fingerprint density at radius 3 is 1.81 bits per heavy atom. The Kier molecular flexibility index (Phi) is 19.8. The van der Waals surface area contributed by atoms with Crippen molar-refractivity contribution in [3.8, 4) is 0 Å². The fourth-order valence-corrected chi connectivity index (χ4v) is 3.96. The van der Waals surface area contributed by atoms with E-state index < -0.39 is 0 Å². The minimum absolute atomic E-state index is 0.0890. The molecule has 1 N–H and O–H groups in total. The molecule has 0 bridgehead atoms. The van der Waals surface area contributed by atoms with Crippen LogP contribution in [0.25, 0.3) is 0 Å². The Bertz CT molecular complexity index is 523. The SMILES string of the molecule is CCCCCCCCCCCCCCCCCCOCC(CO)OCc1cccc(F)c1. The lowest BCUT2D eigenvalue weighted by Gasteiger charge is -2.16. The van der Waals surface area contributed by atoms with Gasteiger partial charge in [-0.05, 0) is 24.1 Å². The van der Waals surface area contributed by atoms with E-state index in [1.54, 1.807) is 6.07 Å². The van der Waals surface area contributed by atoms with Gasteiger partial charge in [-0.2, -0.15) is 0 Å². The quantitative estimate of drug-likeness (QED) is 0.171. The molecule has 32 heavy (non-hydrogen) atoms. The molecule has 1 unspecified atom stereocenters. The maximum absolute atomic E-state index is 13.2. The van der Waals surface area contributed by atoms with Gasteiger partial charge in [-0.15, -0.1) is 0 Å². The molecule has 0 aliphatic heterocycles. The highest BCUT2D eigenvalue weighted by atomic mass is 19.1. The van der Waals surface area contributed by atoms with Crippen molar-refractivity contribution < 1.29 is 19.0 Å². The van der Waals surface area contributed by atoms with Crippen molar-refractivity contribution in [1.82, 2.24) is 0 Å². The predicted octanol–water partition coefficient (Wildman–Crippen LogP) is 7.98. The third kappa shape index (κ3) is 17.6. The normalized spacial score (nSPS) is 12.3. The molecular formula is C28H49FO3. The first-order valence-corrected chi connectivity index (χ1v) is 13.3. The van der Waals surface area contributed by atoms with Gasteiger partial charge in [-0.3, -0.25) is 0 Å². The molecule has 0 saturated carbocycles. The summed E-state index contributed by atoms with van der Waals surface area (Å²) in [5, 5.41) is 9.42. The lowest BCUT2D eigenvalue weighted by atomic mass is 10.0. The number of hydrogen-bond donors (Lipinski definition) is 1. The maximum Gasteiger partial charge on any atom is 0.123 e. The summed E-state index contributed by atoms with van der Waals surface area (Å²) >= 11 is 0. The van der Waals surface area contributed by atoms with E-state index in [-0.39, 0.29) is 25.1 Å². The average molecular weight is 453 g/mol. The first-order chi connectivity index (χ1) is 15.8. The molecule has 0 fully saturated rings. The molecule has 186 valence electrons. The van der Waals surface area contributed by atoms with Crippen LogP contribution in [0.5, 0.6) is 0 Å². The van der Waals surface area contributed by atoms with Crippen LogP contribution in [-0.2, 0) is 16.1 Å². The number of halogens is 1. The van der Waals surface area contributed by atoms with Crippen LogP contribution < -0.4 is 0 Å². The van der Waals surface area contributed by atoms with Crippen LogP contribution in [0.4, 0.5) is 4.39 Å². The van der Waals surface area contributed by atoms with Crippen LogP contribution in [0.2, 0.25) is 0 Å². The van der Waals surface area contributed by atoms with Gasteiger partial charge in [0.15, 0.2) is 0 Å². The zero-order valence-corrected chi connectivity index (χ0v) is 20.7. The first-order valence-electron chi connectivity index (χ1n) is 13.3. The maximum atomic E-state index is 13.2. The molecule has 0 aliphatic carbocycles. The highest BCUT2D eigenvalue weighted by Gasteiger charge is 2.08. The summed E-state index contributed by atoms with van der Waals surface area (Å²) in [6.07, 6.45) is 21.4. The number of aliphatic hydroxyl groups excluding tert-OH is 1. The molecule has 0 heterocycles. The van der Waals surface area contributed by atoms with E-state index in [1.807, 2.05) is 6.07 Å². The fourth-order valence-electron chi connectivity index (χ4n) is 3.96. The largest absolute Gasteiger partial charge is 0.394 e. The molecule has 1 aromatic carbocycles. The molecule has 1 rings (SSSR count). The van der Waals surface area contributed by atoms with Crippen molar-refractivity contribution >= 4 is 0 Å². The highest BCUT2D eigenvalue weighted by molar-refractivity contribution is 5.15. The number of aliphatic hydroxyl groups is 1. The van der Waals surface area contributed by atoms with Crippen molar-refractivity contribution in [3.05, 3.63) is 35.6 Å². The van der Waals surface area contributed by atoms with Crippen LogP contribution in [0, 0.1) is 5.82 Å². The Hall–Kier alpha value is -0.970. The van der Waals surface area contributed by atoms with Gasteiger partial charge in [0.05, 0.1) is 19.8 Å². The lowest BCUT2D eigenvalue weighted by Crippen LogP contribution is -2.24. The summed E-state index contributed by atoms with van der Waals surface area (Å²) in [7, 11) is 0. The molecule has 0 amide bonds. The number of hydrogen-bond acceptors (Lipinski definition) is 3. The summed E-state index contributed by atoms with van der Waals surface area (Å²) in [5.74, 6) is -0.272. The van der Waals surface area contributed by atoms with E-state index >= 15 is 0 Å². The smallest absolute Gasteiger partial charge is 0.123 e. The van der Waals surface area contributed by atoms with Crippen molar-refractivity contribution in [2.75, 3.05) is 19.8 Å². The molecule has 3 nitrogen and oxygen atoms in total. The van der Waals surface area contributed by atoms with Crippen LogP contribution in [0.3, 0.4) is 0 Å². The van der Waals surface area contributed by atoms with E-state index in [0.717, 1.165) is 12.0 Å². The van der Waals surface area contributed by atoms with Crippen LogP contribution in [0.15, 0.2) is 24.3 Å². The second kappa shape index (κ2) is 21.9. The van der Waals surface area contributed by atoms with E-state index in [9.17, 15) is 9.50 Å². The Labute approximate surface area is 197 Å². The van der Waals surface area contributed by atoms with Crippen molar-refractivity contribution in [3.63, 3.8) is 0 Å². The molecule has 1 aromatic rings.